The van der Waals surface area contributed by atoms with E-state index < -0.39 is 18.0 Å². The molecule has 1 saturated carbocycles. The van der Waals surface area contributed by atoms with Crippen molar-refractivity contribution in [3.63, 3.8) is 0 Å². The molecule has 40 heavy (non-hydrogen) atoms. The van der Waals surface area contributed by atoms with Gasteiger partial charge in [-0.05, 0) is 58.2 Å². The molecule has 2 heterocycles. The molecule has 11 nitrogen and oxygen atoms in total. The van der Waals surface area contributed by atoms with E-state index in [1.807, 2.05) is 13.8 Å². The Hall–Kier alpha value is -3.25. The van der Waals surface area contributed by atoms with Gasteiger partial charge in [0, 0.05) is 38.8 Å². The summed E-state index contributed by atoms with van der Waals surface area (Å²) in [7, 11) is 0. The summed E-state index contributed by atoms with van der Waals surface area (Å²) in [6.07, 6.45) is 1.32. The molecule has 0 bridgehead atoms. The van der Waals surface area contributed by atoms with Crippen molar-refractivity contribution in [3.05, 3.63) is 24.0 Å². The van der Waals surface area contributed by atoms with Gasteiger partial charge in [-0.2, -0.15) is 0 Å². The highest BCUT2D eigenvalue weighted by Gasteiger charge is 2.49. The number of aliphatic hydroxyl groups excluding tert-OH is 1. The summed E-state index contributed by atoms with van der Waals surface area (Å²) in [5.74, 6) is -2.45. The fourth-order valence-corrected chi connectivity index (χ4v) is 5.42. The molecule has 3 unspecified atom stereocenters. The Labute approximate surface area is 233 Å². The highest BCUT2D eigenvalue weighted by atomic mass is 19.1. The number of fused-ring (bicyclic) bond motifs is 1. The van der Waals surface area contributed by atoms with Gasteiger partial charge in [0.1, 0.15) is 11.6 Å². The number of amides is 2. The third-order valence-corrected chi connectivity index (χ3v) is 7.39. The van der Waals surface area contributed by atoms with Crippen molar-refractivity contribution in [2.45, 2.75) is 64.6 Å². The van der Waals surface area contributed by atoms with Crippen LogP contribution in [0.15, 0.2) is 18.2 Å². The second-order valence-corrected chi connectivity index (χ2v) is 10.8. The maximum absolute atomic E-state index is 13.9. The fraction of sp³-hybridized carbons (Fsp3) is 0.643. The Balaban J connectivity index is 0.000000482. The van der Waals surface area contributed by atoms with Crippen molar-refractivity contribution >= 4 is 29.4 Å². The van der Waals surface area contributed by atoms with E-state index in [1.54, 1.807) is 6.07 Å². The first-order valence-corrected chi connectivity index (χ1v) is 13.9. The number of hydrogen-bond donors (Lipinski definition) is 3. The number of carboxylic acids is 2. The van der Waals surface area contributed by atoms with Crippen LogP contribution < -0.4 is 9.64 Å². The Morgan fingerprint density at radius 2 is 1.60 bits per heavy atom. The summed E-state index contributed by atoms with van der Waals surface area (Å²) >= 11 is 0. The first-order chi connectivity index (χ1) is 19.0. The molecule has 222 valence electrons. The molecule has 3 fully saturated rings. The van der Waals surface area contributed by atoms with Gasteiger partial charge < -0.3 is 25.0 Å². The quantitative estimate of drug-likeness (QED) is 0.361. The predicted octanol–water partition coefficient (Wildman–Crippen LogP) is 2.21. The molecule has 0 radical (unpaired) electrons. The molecule has 1 aromatic carbocycles. The van der Waals surface area contributed by atoms with Gasteiger partial charge in [-0.1, -0.05) is 0 Å². The number of likely N-dealkylation sites (tertiary alicyclic amines) is 1. The number of rotatable bonds is 10. The highest BCUT2D eigenvalue weighted by Crippen LogP contribution is 2.38. The topological polar surface area (TPSA) is 148 Å². The number of carbonyl (C=O) groups excluding carboxylic acids is 2. The molecule has 2 amide bonds. The number of anilines is 1. The van der Waals surface area contributed by atoms with Gasteiger partial charge in [0.2, 0.25) is 11.8 Å². The zero-order valence-corrected chi connectivity index (χ0v) is 23.1. The van der Waals surface area contributed by atoms with E-state index in [0.717, 1.165) is 44.8 Å². The number of nitrogens with zero attached hydrogens (tertiary/aromatic N) is 3. The number of imide groups is 1. The van der Waals surface area contributed by atoms with Crippen LogP contribution in [0, 0.1) is 17.7 Å². The maximum atomic E-state index is 13.9. The van der Waals surface area contributed by atoms with Crippen LogP contribution >= 0.6 is 0 Å². The standard InChI is InChI=1S/C24H34FN3O4.C4H6O4/c1-16(2)32-22-7-4-17(25)14-21(22)27-12-10-26(11-13-27)8-3-9-28-23(30)19-6-5-18(29)15-20(19)24(28)31;5-3(6)1-2-4(7)8/h4,7,14,16,18-20,29H,3,5-6,8-13,15H2,1-2H3;1-2H2,(H,5,6)(H,7,8). The smallest absolute Gasteiger partial charge is 0.303 e. The van der Waals surface area contributed by atoms with Crippen molar-refractivity contribution in [3.8, 4) is 5.75 Å². The number of aliphatic carboxylic acids is 2. The van der Waals surface area contributed by atoms with Crippen molar-refractivity contribution < 1.29 is 43.6 Å². The lowest BCUT2D eigenvalue weighted by Gasteiger charge is -2.37. The van der Waals surface area contributed by atoms with Crippen LogP contribution in [0.4, 0.5) is 10.1 Å². The maximum Gasteiger partial charge on any atom is 0.303 e. The number of hydrogen-bond acceptors (Lipinski definition) is 8. The average molecular weight is 566 g/mol. The first-order valence-electron chi connectivity index (χ1n) is 13.9. The van der Waals surface area contributed by atoms with E-state index in [0.29, 0.717) is 31.6 Å². The normalized spacial score (nSPS) is 23.1. The highest BCUT2D eigenvalue weighted by molar-refractivity contribution is 6.05. The molecule has 0 aromatic heterocycles. The van der Waals surface area contributed by atoms with E-state index >= 15 is 0 Å². The lowest BCUT2D eigenvalue weighted by atomic mass is 9.80. The van der Waals surface area contributed by atoms with Crippen LogP contribution in [0.3, 0.4) is 0 Å². The number of piperazine rings is 1. The molecular formula is C28H40FN3O8. The van der Waals surface area contributed by atoms with Crippen molar-refractivity contribution in [2.24, 2.45) is 11.8 Å². The van der Waals surface area contributed by atoms with E-state index in [2.05, 4.69) is 9.80 Å². The summed E-state index contributed by atoms with van der Waals surface area (Å²) in [6, 6.07) is 4.65. The average Bonchev–Trinajstić information content (AvgIpc) is 3.13. The van der Waals surface area contributed by atoms with E-state index in [-0.39, 0.29) is 48.4 Å². The molecule has 12 heteroatoms. The zero-order chi connectivity index (χ0) is 29.4. The molecule has 2 aliphatic heterocycles. The minimum Gasteiger partial charge on any atom is -0.489 e. The van der Waals surface area contributed by atoms with Crippen molar-refractivity contribution in [1.29, 1.82) is 0 Å². The molecule has 3 N–H and O–H groups in total. The third kappa shape index (κ3) is 8.62. The van der Waals surface area contributed by atoms with Crippen molar-refractivity contribution in [1.82, 2.24) is 9.80 Å². The molecule has 3 atom stereocenters. The van der Waals surface area contributed by atoms with Crippen LogP contribution in [0.1, 0.15) is 52.4 Å². The lowest BCUT2D eigenvalue weighted by molar-refractivity contribution is -0.143. The molecule has 0 spiro atoms. The number of carbonyl (C=O) groups is 4. The predicted molar refractivity (Wildman–Crippen MR) is 143 cm³/mol. The molecule has 3 aliphatic rings. The van der Waals surface area contributed by atoms with E-state index in [9.17, 15) is 28.7 Å². The van der Waals surface area contributed by atoms with Crippen LogP contribution in [0.2, 0.25) is 0 Å². The Bertz CT molecular complexity index is 1050. The molecule has 1 aromatic rings. The minimum atomic E-state index is -1.08. The van der Waals surface area contributed by atoms with Crippen LogP contribution in [0.25, 0.3) is 0 Å². The van der Waals surface area contributed by atoms with Crippen LogP contribution in [0.5, 0.6) is 5.75 Å². The second kappa shape index (κ2) is 14.4. The van der Waals surface area contributed by atoms with Gasteiger partial charge in [0.25, 0.3) is 0 Å². The fourth-order valence-electron chi connectivity index (χ4n) is 5.42. The van der Waals surface area contributed by atoms with Gasteiger partial charge in [-0.15, -0.1) is 0 Å². The molecule has 1 aliphatic carbocycles. The molecule has 2 saturated heterocycles. The third-order valence-electron chi connectivity index (χ3n) is 7.39. The summed E-state index contributed by atoms with van der Waals surface area (Å²) in [5, 5.41) is 25.6. The second-order valence-electron chi connectivity index (χ2n) is 10.8. The summed E-state index contributed by atoms with van der Waals surface area (Å²) in [5.41, 5.74) is 0.788. The molecular weight excluding hydrogens is 525 g/mol. The number of carboxylic acid groups (broad SMARTS) is 2. The number of aliphatic hydroxyl groups is 1. The van der Waals surface area contributed by atoms with Gasteiger partial charge in [-0.25, -0.2) is 4.39 Å². The van der Waals surface area contributed by atoms with Crippen LogP contribution in [-0.2, 0) is 19.2 Å². The van der Waals surface area contributed by atoms with Crippen LogP contribution in [-0.4, -0.2) is 100 Å². The monoisotopic (exact) mass is 565 g/mol. The summed E-state index contributed by atoms with van der Waals surface area (Å²) in [6.45, 7) is 8.35. The number of benzene rings is 1. The zero-order valence-electron chi connectivity index (χ0n) is 23.1. The van der Waals surface area contributed by atoms with Gasteiger partial charge >= 0.3 is 11.9 Å². The Morgan fingerprint density at radius 1 is 0.975 bits per heavy atom. The van der Waals surface area contributed by atoms with Gasteiger partial charge in [0.15, 0.2) is 0 Å². The molecule has 4 rings (SSSR count). The number of halogens is 1. The van der Waals surface area contributed by atoms with Gasteiger partial charge in [-0.3, -0.25) is 29.0 Å². The SMILES string of the molecule is CC(C)Oc1ccc(F)cc1N1CCN(CCCN2C(=O)C3CCC(O)CC3C2=O)CC1.O=C(O)CCC(=O)O. The van der Waals surface area contributed by atoms with Gasteiger partial charge in [0.05, 0.1) is 42.6 Å². The Morgan fingerprint density at radius 3 is 2.20 bits per heavy atom. The largest absolute Gasteiger partial charge is 0.489 e. The first kappa shape index (κ1) is 31.3. The van der Waals surface area contributed by atoms with E-state index in [4.69, 9.17) is 14.9 Å². The van der Waals surface area contributed by atoms with Crippen molar-refractivity contribution in [2.75, 3.05) is 44.2 Å². The summed E-state index contributed by atoms with van der Waals surface area (Å²) < 4.78 is 19.7. The van der Waals surface area contributed by atoms with E-state index in [1.165, 1.54) is 17.0 Å². The summed E-state index contributed by atoms with van der Waals surface area (Å²) in [4.78, 5) is 50.5. The Kier molecular flexibility index (Phi) is 11.3. The minimum absolute atomic E-state index is 0.0172. The number of ether oxygens (including phenoxy) is 1. The lowest BCUT2D eigenvalue weighted by Crippen LogP contribution is -2.47.